The van der Waals surface area contributed by atoms with E-state index in [1.54, 1.807) is 37.8 Å². The fourth-order valence-electron chi connectivity index (χ4n) is 15.1. The second-order valence-electron chi connectivity index (χ2n) is 29.4. The molecule has 0 saturated carbocycles. The Balaban J connectivity index is 0.000000158. The summed E-state index contributed by atoms with van der Waals surface area (Å²) in [6, 6.07) is 8.06. The number of hydrogen-bond acceptors (Lipinski definition) is 30. The third-order valence-corrected chi connectivity index (χ3v) is 22.9. The third-order valence-electron chi connectivity index (χ3n) is 21.4. The number of carbonyl (C=O) groups excluding carboxylic acids is 3. The lowest BCUT2D eigenvalue weighted by Gasteiger charge is -2.36. The van der Waals surface area contributed by atoms with Gasteiger partial charge in [-0.2, -0.15) is 0 Å². The summed E-state index contributed by atoms with van der Waals surface area (Å²) in [5, 5.41) is 31.8. The first-order chi connectivity index (χ1) is 58.9. The molecule has 39 heteroatoms. The van der Waals surface area contributed by atoms with E-state index in [9.17, 15) is 19.5 Å². The number of ether oxygens (including phenoxy) is 11. The number of amides is 3. The van der Waals surface area contributed by atoms with E-state index in [0.29, 0.717) is 201 Å². The first kappa shape index (κ1) is 88.9. The average molecular weight is 1760 g/mol. The summed E-state index contributed by atoms with van der Waals surface area (Å²) in [6.45, 7) is 20.2. The number of morpholine rings is 1. The molecule has 6 aliphatic heterocycles. The highest BCUT2D eigenvalue weighted by atomic mass is 35.5. The van der Waals surface area contributed by atoms with Crippen LogP contribution in [0.5, 0.6) is 34.5 Å². The number of aromatic nitrogens is 9. The van der Waals surface area contributed by atoms with Crippen LogP contribution in [0.25, 0.3) is 66.5 Å². The quantitative estimate of drug-likeness (QED) is 0.0261. The van der Waals surface area contributed by atoms with Crippen molar-refractivity contribution >= 4 is 132 Å². The van der Waals surface area contributed by atoms with Crippen LogP contribution in [-0.2, 0) is 38.1 Å². The van der Waals surface area contributed by atoms with E-state index in [2.05, 4.69) is 76.4 Å². The van der Waals surface area contributed by atoms with Gasteiger partial charge in [-0.05, 0) is 76.0 Å². The highest BCUT2D eigenvalue weighted by molar-refractivity contribution is 6.42. The molecule has 6 aliphatic rings. The number of rotatable bonds is 25. The zero-order valence-electron chi connectivity index (χ0n) is 68.4. The second kappa shape index (κ2) is 40.0. The molecule has 122 heavy (non-hydrogen) atoms. The van der Waals surface area contributed by atoms with Gasteiger partial charge in [0.05, 0.1) is 186 Å². The first-order valence-electron chi connectivity index (χ1n) is 39.2. The Morgan fingerprint density at radius 1 is 0.443 bits per heavy atom. The normalized spacial score (nSPS) is 20.4. The number of benzene rings is 3. The van der Waals surface area contributed by atoms with Gasteiger partial charge in [-0.3, -0.25) is 14.4 Å². The highest BCUT2D eigenvalue weighted by Gasteiger charge is 2.37. The van der Waals surface area contributed by atoms with Crippen molar-refractivity contribution in [3.8, 4) is 68.3 Å². The second-order valence-corrected chi connectivity index (χ2v) is 30.9. The maximum Gasteiger partial charge on any atom is 0.243 e. The Hall–Kier alpha value is -10.9. The smallest absolute Gasteiger partial charge is 0.243 e. The molecule has 6 aromatic heterocycles. The van der Waals surface area contributed by atoms with Crippen molar-refractivity contribution in [2.45, 2.75) is 100 Å². The van der Waals surface area contributed by atoms with Crippen molar-refractivity contribution < 1.29 is 80.4 Å². The summed E-state index contributed by atoms with van der Waals surface area (Å²) >= 11 is 27.0. The molecule has 648 valence electrons. The van der Waals surface area contributed by atoms with Crippen LogP contribution in [0.4, 0.5) is 44.1 Å². The highest BCUT2D eigenvalue weighted by Crippen LogP contribution is 2.49. The summed E-state index contributed by atoms with van der Waals surface area (Å²) in [7, 11) is 10.4. The van der Waals surface area contributed by atoms with Crippen molar-refractivity contribution in [3.63, 3.8) is 0 Å². The van der Waals surface area contributed by atoms with Crippen molar-refractivity contribution in [1.29, 1.82) is 0 Å². The van der Waals surface area contributed by atoms with Gasteiger partial charge in [0.25, 0.3) is 0 Å². The number of methoxy groups -OCH3 is 7. The molecular weight excluding hydrogens is 1670 g/mol. The van der Waals surface area contributed by atoms with Gasteiger partial charge < -0.3 is 104 Å². The molecular formula is C83H94Cl4F2N18O15. The van der Waals surface area contributed by atoms with E-state index in [4.69, 9.17) is 128 Å². The Kier molecular flexibility index (Phi) is 29.1. The number of nitrogens with one attached hydrogen (secondary N) is 6. The van der Waals surface area contributed by atoms with Gasteiger partial charge in [0.15, 0.2) is 40.6 Å². The minimum Gasteiger partial charge on any atom is -0.495 e. The topological polar surface area (TPSA) is 371 Å². The first-order valence-corrected chi connectivity index (χ1v) is 40.7. The van der Waals surface area contributed by atoms with E-state index in [1.165, 1.54) is 67.0 Å². The fraction of sp³-hybridized carbons (Fsp3) is 0.422. The number of carbonyl (C=O) groups is 3. The maximum absolute atomic E-state index is 15.5. The maximum atomic E-state index is 15.5. The van der Waals surface area contributed by atoms with Crippen molar-refractivity contribution in [2.75, 3.05) is 159 Å². The summed E-state index contributed by atoms with van der Waals surface area (Å²) < 4.78 is 91.3. The largest absolute Gasteiger partial charge is 0.495 e. The number of anilines is 6. The Labute approximate surface area is 721 Å². The molecule has 0 spiro atoms. The van der Waals surface area contributed by atoms with Crippen molar-refractivity contribution in [1.82, 2.24) is 60.8 Å². The molecule has 15 rings (SSSR count). The van der Waals surface area contributed by atoms with Crippen LogP contribution in [0.3, 0.4) is 0 Å². The number of nitrogens with zero attached hydrogens (tertiary/aromatic N) is 12. The Morgan fingerprint density at radius 2 is 0.746 bits per heavy atom. The molecule has 0 bridgehead atoms. The van der Waals surface area contributed by atoms with Gasteiger partial charge in [-0.1, -0.05) is 66.1 Å². The molecule has 6 fully saturated rings. The standard InChI is InChI=1S/C28H32Cl2N6O5.C28H32F2N6O5.C27H30Cl2N6O5/c1-5-22(37)32-18-13-41-14-19(18)34-28-31-12-15-10-17(23-24(29)20(39-3)11-21(40-4)25(23)30)33-27(26(15)35-28)36-8-6-16(38-2)7-9-36;1-6-22(37)32-18-12-40-13-19(18)34-28-31-9-16-7-17(23-24(29)20(38-4)8-21(39-5)25(23)30)33-27(26(16)35-28)36-10-14(2)41-15(3)11-36;1-4-21(37)31-17-12-40-13-18(17)33-27-30-11-14-9-16(22-23(28)19(38-2)10-20(39-3)24(22)29)32-26(25(14)34-27)35-7-5-15(36)6-8-35/h5,10-12,16,18-19H,1,6-9,13-14H2,2-4H3,(H,32,37)(H,31,34,35);6-9,14-15,18-19H,1,10-13H2,2-5H3,(H,32,37)(H,31,34,35);4,9-11,15,17-18,36H,1,5-8,12-13H2,2-3H3,(H,31,37)(H,30,33,34)/t18-,19+;14?,15?,18-,19+;17-,18+/m000/s1. The molecule has 8 atom stereocenters. The monoisotopic (exact) mass is 1760 g/mol. The van der Waals surface area contributed by atoms with Gasteiger partial charge in [0, 0.05) is 110 Å². The van der Waals surface area contributed by atoms with Crippen LogP contribution >= 0.6 is 46.4 Å². The summed E-state index contributed by atoms with van der Waals surface area (Å²) in [5.74, 6) is 1.37. The lowest BCUT2D eigenvalue weighted by atomic mass is 10.1. The predicted molar refractivity (Wildman–Crippen MR) is 461 cm³/mol. The molecule has 33 nitrogen and oxygen atoms in total. The van der Waals surface area contributed by atoms with E-state index >= 15 is 8.78 Å². The van der Waals surface area contributed by atoms with E-state index < -0.39 is 11.6 Å². The third kappa shape index (κ3) is 19.8. The van der Waals surface area contributed by atoms with Crippen molar-refractivity contribution in [3.05, 3.63) is 125 Å². The molecule has 3 aromatic carbocycles. The number of halogens is 6. The molecule has 9 aromatic rings. The molecule has 7 N–H and O–H groups in total. The van der Waals surface area contributed by atoms with Gasteiger partial charge in [0.1, 0.15) is 39.5 Å². The molecule has 2 unspecified atom stereocenters. The lowest BCUT2D eigenvalue weighted by Crippen LogP contribution is -2.46. The molecule has 0 radical (unpaired) electrons. The number of aliphatic hydroxyl groups is 1. The predicted octanol–water partition coefficient (Wildman–Crippen LogP) is 10.7. The van der Waals surface area contributed by atoms with E-state index in [-0.39, 0.29) is 107 Å². The Morgan fingerprint density at radius 3 is 1.07 bits per heavy atom. The number of hydrogen-bond donors (Lipinski definition) is 7. The van der Waals surface area contributed by atoms with Crippen LogP contribution in [0.2, 0.25) is 20.1 Å². The minimum absolute atomic E-state index is 0.0344. The average Bonchev–Trinajstić information content (AvgIpc) is 0.964. The fourth-order valence-corrected chi connectivity index (χ4v) is 16.5. The molecule has 0 aliphatic carbocycles. The number of fused-ring (bicyclic) bond motifs is 3. The van der Waals surface area contributed by atoms with Crippen molar-refractivity contribution in [2.24, 2.45) is 0 Å². The minimum atomic E-state index is -0.902. The van der Waals surface area contributed by atoms with Crippen LogP contribution in [0.15, 0.2) is 93.0 Å². The Bertz CT molecular complexity index is 5300. The molecule has 3 amide bonds. The van der Waals surface area contributed by atoms with Gasteiger partial charge in [0.2, 0.25) is 35.6 Å². The summed E-state index contributed by atoms with van der Waals surface area (Å²) in [6.07, 6.45) is 11.1. The van der Waals surface area contributed by atoms with E-state index in [0.717, 1.165) is 37.4 Å². The zero-order valence-corrected chi connectivity index (χ0v) is 71.5. The van der Waals surface area contributed by atoms with Crippen LogP contribution < -0.4 is 75.0 Å². The van der Waals surface area contributed by atoms with Crippen LogP contribution in [0, 0.1) is 11.6 Å². The van der Waals surface area contributed by atoms with E-state index in [1.807, 2.05) is 30.9 Å². The molecule has 6 saturated heterocycles. The number of piperidine rings is 2. The van der Waals surface area contributed by atoms with Gasteiger partial charge in [-0.25, -0.2) is 53.6 Å². The SMILES string of the molecule is C=CC(=O)N[C@H]1COC[C@H]1Nc1ncc2cc(-c3c(Cl)c(OC)cc(OC)c3Cl)nc(N3CCC(O)CC3)c2n1.C=CC(=O)N[C@H]1COC[C@H]1Nc1ncc2cc(-c3c(Cl)c(OC)cc(OC)c3Cl)nc(N3CCC(OC)CC3)c2n1.C=CC(=O)N[C@H]1COC[C@H]1Nc1ncc2cc(-c3c(F)c(OC)cc(OC)c3F)nc(N3CC(C)OC(C)C3)c2n1. The zero-order chi connectivity index (χ0) is 86.7. The summed E-state index contributed by atoms with van der Waals surface area (Å²) in [4.78, 5) is 84.6. The van der Waals surface area contributed by atoms with Gasteiger partial charge >= 0.3 is 0 Å². The van der Waals surface area contributed by atoms with Crippen LogP contribution in [0.1, 0.15) is 39.5 Å². The lowest BCUT2D eigenvalue weighted by molar-refractivity contribution is -0.118. The molecule has 12 heterocycles. The summed E-state index contributed by atoms with van der Waals surface area (Å²) in [5.41, 5.74) is 3.40. The van der Waals surface area contributed by atoms with Gasteiger partial charge in [-0.15, -0.1) is 0 Å². The number of aliphatic hydroxyl groups excluding tert-OH is 1. The van der Waals surface area contributed by atoms with Crippen LogP contribution in [-0.4, -0.2) is 257 Å². The number of pyridine rings is 3.